The predicted octanol–water partition coefficient (Wildman–Crippen LogP) is 2.27. The molecule has 0 aromatic heterocycles. The van der Waals surface area contributed by atoms with Gasteiger partial charge < -0.3 is 5.32 Å². The van der Waals surface area contributed by atoms with E-state index >= 15 is 0 Å². The first-order valence-electron chi connectivity index (χ1n) is 8.20. The number of hydrogen-bond acceptors (Lipinski definition) is 6. The topological polar surface area (TPSA) is 94.4 Å². The number of rotatable bonds is 4. The smallest absolute Gasteiger partial charge is 0.263 e. The Morgan fingerprint density at radius 3 is 2.59 bits per heavy atom. The molecule has 1 fully saturated rings. The summed E-state index contributed by atoms with van der Waals surface area (Å²) < 4.78 is 0. The first-order valence-corrected chi connectivity index (χ1v) is 8.58. The van der Waals surface area contributed by atoms with E-state index in [-0.39, 0.29) is 12.5 Å². The van der Waals surface area contributed by atoms with Crippen LogP contribution in [0.15, 0.2) is 64.9 Å². The molecule has 2 aliphatic heterocycles. The number of imide groups is 1. The third-order valence-corrected chi connectivity index (χ3v) is 4.52. The average molecular weight is 384 g/mol. The highest BCUT2D eigenvalue weighted by Gasteiger charge is 2.55. The highest BCUT2D eigenvalue weighted by Crippen LogP contribution is 2.32. The third kappa shape index (κ3) is 3.15. The molecular weight excluding hydrogens is 370 g/mol. The van der Waals surface area contributed by atoms with Crippen LogP contribution in [0.4, 0.5) is 11.4 Å². The van der Waals surface area contributed by atoms with Gasteiger partial charge in [-0.2, -0.15) is 5.11 Å². The van der Waals surface area contributed by atoms with Crippen LogP contribution >= 0.6 is 11.6 Å². The summed E-state index contributed by atoms with van der Waals surface area (Å²) in [5.41, 5.74) is 1.00. The van der Waals surface area contributed by atoms with Crippen molar-refractivity contribution in [3.8, 4) is 0 Å². The van der Waals surface area contributed by atoms with Crippen molar-refractivity contribution in [1.82, 2.24) is 5.01 Å². The first-order chi connectivity index (χ1) is 13.0. The van der Waals surface area contributed by atoms with Crippen molar-refractivity contribution in [3.63, 3.8) is 0 Å². The molecular formula is C18H14ClN5O3. The fourth-order valence-electron chi connectivity index (χ4n) is 3.09. The summed E-state index contributed by atoms with van der Waals surface area (Å²) in [6, 6.07) is 13.5. The van der Waals surface area contributed by atoms with Crippen LogP contribution in [0.5, 0.6) is 0 Å². The summed E-state index contributed by atoms with van der Waals surface area (Å²) in [6.45, 7) is -0.192. The van der Waals surface area contributed by atoms with Gasteiger partial charge in [-0.3, -0.25) is 19.4 Å². The number of anilines is 2. The van der Waals surface area contributed by atoms with Crippen LogP contribution < -0.4 is 10.2 Å². The van der Waals surface area contributed by atoms with Gasteiger partial charge in [-0.05, 0) is 30.3 Å². The summed E-state index contributed by atoms with van der Waals surface area (Å²) in [5, 5.41) is 12.1. The van der Waals surface area contributed by atoms with Crippen molar-refractivity contribution in [3.05, 3.63) is 59.6 Å². The van der Waals surface area contributed by atoms with Gasteiger partial charge >= 0.3 is 0 Å². The van der Waals surface area contributed by atoms with E-state index in [0.29, 0.717) is 16.4 Å². The number of nitrogens with zero attached hydrogens (tertiary/aromatic N) is 4. The van der Waals surface area contributed by atoms with Crippen LogP contribution in [0.2, 0.25) is 5.02 Å². The fourth-order valence-corrected chi connectivity index (χ4v) is 3.28. The van der Waals surface area contributed by atoms with Gasteiger partial charge in [-0.15, -0.1) is 0 Å². The van der Waals surface area contributed by atoms with E-state index in [4.69, 9.17) is 11.6 Å². The number of fused-ring (bicyclic) bond motifs is 1. The van der Waals surface area contributed by atoms with Gasteiger partial charge in [0, 0.05) is 10.7 Å². The molecule has 0 radical (unpaired) electrons. The van der Waals surface area contributed by atoms with Gasteiger partial charge in [0.15, 0.2) is 12.1 Å². The van der Waals surface area contributed by atoms with Crippen LogP contribution in [0, 0.1) is 0 Å². The number of amides is 3. The summed E-state index contributed by atoms with van der Waals surface area (Å²) in [5.74, 6) is -1.32. The highest BCUT2D eigenvalue weighted by atomic mass is 35.5. The lowest BCUT2D eigenvalue weighted by molar-refractivity contribution is -0.123. The highest BCUT2D eigenvalue weighted by molar-refractivity contribution is 6.31. The number of para-hydroxylation sites is 1. The number of hydrogen-bond donors (Lipinski definition) is 1. The fraction of sp³-hybridized carbons (Fsp3) is 0.167. The lowest BCUT2D eigenvalue weighted by Gasteiger charge is -2.20. The Labute approximate surface area is 159 Å². The SMILES string of the molecule is O=C(CN1N=N[C@H]2C(=O)N(c3cccc(Cl)c3)C(=O)[C@@H]21)Nc1ccccc1. The molecule has 2 aliphatic rings. The van der Waals surface area contributed by atoms with Gasteiger partial charge in [-0.25, -0.2) is 4.90 Å². The molecule has 0 spiro atoms. The van der Waals surface area contributed by atoms with Crippen molar-refractivity contribution in [2.45, 2.75) is 12.1 Å². The summed E-state index contributed by atoms with van der Waals surface area (Å²) >= 11 is 5.96. The monoisotopic (exact) mass is 383 g/mol. The summed E-state index contributed by atoms with van der Waals surface area (Å²) in [4.78, 5) is 38.7. The lowest BCUT2D eigenvalue weighted by atomic mass is 10.1. The van der Waals surface area contributed by atoms with Crippen molar-refractivity contribution in [2.75, 3.05) is 16.8 Å². The molecule has 2 aromatic rings. The van der Waals surface area contributed by atoms with E-state index in [0.717, 1.165) is 4.90 Å². The van der Waals surface area contributed by atoms with Gasteiger partial charge in [-0.1, -0.05) is 41.1 Å². The van der Waals surface area contributed by atoms with Crippen LogP contribution in [0.3, 0.4) is 0 Å². The van der Waals surface area contributed by atoms with Crippen LogP contribution in [-0.2, 0) is 14.4 Å². The van der Waals surface area contributed by atoms with E-state index < -0.39 is 23.9 Å². The number of carbonyl (C=O) groups is 3. The van der Waals surface area contributed by atoms with Gasteiger partial charge in [0.25, 0.3) is 11.8 Å². The van der Waals surface area contributed by atoms with Crippen molar-refractivity contribution < 1.29 is 14.4 Å². The molecule has 0 saturated carbocycles. The Balaban J connectivity index is 1.50. The zero-order chi connectivity index (χ0) is 19.0. The number of halogens is 1. The molecule has 136 valence electrons. The Kier molecular flexibility index (Phi) is 4.33. The molecule has 2 atom stereocenters. The molecule has 2 aromatic carbocycles. The first kappa shape index (κ1) is 17.2. The second kappa shape index (κ2) is 6.81. The molecule has 3 amide bonds. The van der Waals surface area contributed by atoms with E-state index in [1.165, 1.54) is 11.1 Å². The molecule has 0 aliphatic carbocycles. The minimum Gasteiger partial charge on any atom is -0.324 e. The number of benzene rings is 2. The average Bonchev–Trinajstić information content (AvgIpc) is 3.16. The molecule has 9 heteroatoms. The molecule has 27 heavy (non-hydrogen) atoms. The zero-order valence-corrected chi connectivity index (χ0v) is 14.7. The Hall–Kier alpha value is -3.26. The van der Waals surface area contributed by atoms with E-state index in [1.807, 2.05) is 6.07 Å². The van der Waals surface area contributed by atoms with Gasteiger partial charge in [0.05, 0.1) is 5.69 Å². The summed E-state index contributed by atoms with van der Waals surface area (Å²) in [7, 11) is 0. The molecule has 8 nitrogen and oxygen atoms in total. The van der Waals surface area contributed by atoms with Gasteiger partial charge in [0.2, 0.25) is 5.91 Å². The minimum atomic E-state index is -0.957. The quantitative estimate of drug-likeness (QED) is 0.819. The molecule has 1 saturated heterocycles. The largest absolute Gasteiger partial charge is 0.324 e. The van der Waals surface area contributed by atoms with Gasteiger partial charge in [0.1, 0.15) is 6.54 Å². The van der Waals surface area contributed by atoms with E-state index in [9.17, 15) is 14.4 Å². The molecule has 0 unspecified atom stereocenters. The molecule has 0 bridgehead atoms. The molecule has 4 rings (SSSR count). The summed E-state index contributed by atoms with van der Waals surface area (Å²) in [6.07, 6.45) is 0. The van der Waals surface area contributed by atoms with Crippen molar-refractivity contribution in [2.24, 2.45) is 10.3 Å². The van der Waals surface area contributed by atoms with Crippen LogP contribution in [0.25, 0.3) is 0 Å². The van der Waals surface area contributed by atoms with Crippen molar-refractivity contribution in [1.29, 1.82) is 0 Å². The maximum Gasteiger partial charge on any atom is 0.263 e. The van der Waals surface area contributed by atoms with E-state index in [2.05, 4.69) is 15.7 Å². The molecule has 1 N–H and O–H groups in total. The van der Waals surface area contributed by atoms with Crippen LogP contribution in [0.1, 0.15) is 0 Å². The van der Waals surface area contributed by atoms with Crippen molar-refractivity contribution >= 4 is 40.7 Å². The second-order valence-electron chi connectivity index (χ2n) is 6.10. The molecule has 2 heterocycles. The Morgan fingerprint density at radius 2 is 1.85 bits per heavy atom. The minimum absolute atomic E-state index is 0.192. The number of nitrogens with one attached hydrogen (secondary N) is 1. The predicted molar refractivity (Wildman–Crippen MR) is 98.2 cm³/mol. The maximum atomic E-state index is 12.8. The zero-order valence-electron chi connectivity index (χ0n) is 13.9. The Bertz CT molecular complexity index is 949. The lowest BCUT2D eigenvalue weighted by Crippen LogP contribution is -2.43. The van der Waals surface area contributed by atoms with E-state index in [1.54, 1.807) is 42.5 Å². The maximum absolute atomic E-state index is 12.8. The standard InChI is InChI=1S/C18H14ClN5O3/c19-11-5-4-8-13(9-11)24-17(26)15-16(18(24)27)23(22-21-15)10-14(25)20-12-6-2-1-3-7-12/h1-9,15-16H,10H2,(H,20,25)/t15-,16-/m1/s1. The number of carbonyl (C=O) groups excluding carboxylic acids is 3. The normalized spacial score (nSPS) is 20.9. The third-order valence-electron chi connectivity index (χ3n) is 4.29. The second-order valence-corrected chi connectivity index (χ2v) is 6.53. The van der Waals surface area contributed by atoms with Crippen LogP contribution in [-0.4, -0.2) is 41.4 Å². The Morgan fingerprint density at radius 1 is 1.07 bits per heavy atom.